The molecule has 1 aliphatic rings. The van der Waals surface area contributed by atoms with E-state index in [0.29, 0.717) is 5.02 Å². The highest BCUT2D eigenvalue weighted by atomic mass is 35.5. The van der Waals surface area contributed by atoms with Gasteiger partial charge in [0.15, 0.2) is 0 Å². The summed E-state index contributed by atoms with van der Waals surface area (Å²) in [6.07, 6.45) is 5.80. The molecule has 17 heavy (non-hydrogen) atoms. The number of nitrogens with one attached hydrogen (secondary N) is 1. The molecule has 2 aromatic rings. The average Bonchev–Trinajstić information content (AvgIpc) is 2.76. The Hall–Kier alpha value is -1.26. The largest absolute Gasteiger partial charge is 0.368 e. The van der Waals surface area contributed by atoms with E-state index in [9.17, 15) is 0 Å². The molecule has 0 bridgehead atoms. The van der Waals surface area contributed by atoms with Crippen LogP contribution in [0.4, 0.5) is 5.69 Å². The van der Waals surface area contributed by atoms with E-state index >= 15 is 0 Å². The number of nitrogens with two attached hydrogens (primary N) is 1. The molecule has 0 saturated carbocycles. The molecule has 1 fully saturated rings. The lowest BCUT2D eigenvalue weighted by Crippen LogP contribution is -2.43. The highest BCUT2D eigenvalue weighted by Crippen LogP contribution is 2.33. The summed E-state index contributed by atoms with van der Waals surface area (Å²) in [5.41, 5.74) is 7.97. The fourth-order valence-electron chi connectivity index (χ4n) is 2.50. The minimum Gasteiger partial charge on any atom is -0.368 e. The van der Waals surface area contributed by atoms with E-state index in [1.54, 1.807) is 6.20 Å². The van der Waals surface area contributed by atoms with Crippen molar-refractivity contribution in [2.24, 2.45) is 5.73 Å². The zero-order valence-electron chi connectivity index (χ0n) is 9.49. The second-order valence-corrected chi connectivity index (χ2v) is 4.95. The van der Waals surface area contributed by atoms with Gasteiger partial charge in [-0.25, -0.2) is 4.98 Å². The van der Waals surface area contributed by atoms with Gasteiger partial charge in [-0.2, -0.15) is 0 Å². The van der Waals surface area contributed by atoms with E-state index in [0.717, 1.165) is 42.7 Å². The monoisotopic (exact) mass is 250 g/mol. The third kappa shape index (κ3) is 1.87. The number of hydrogen-bond acceptors (Lipinski definition) is 3. The van der Waals surface area contributed by atoms with E-state index in [1.165, 1.54) is 0 Å². The summed E-state index contributed by atoms with van der Waals surface area (Å²) in [6, 6.07) is 2.26. The van der Waals surface area contributed by atoms with Gasteiger partial charge < -0.3 is 15.6 Å². The van der Waals surface area contributed by atoms with Crippen LogP contribution in [0.3, 0.4) is 0 Å². The zero-order chi connectivity index (χ0) is 11.8. The number of halogens is 1. The number of aromatic nitrogens is 2. The predicted octanol–water partition coefficient (Wildman–Crippen LogP) is 2.14. The molecule has 1 saturated heterocycles. The molecule has 90 valence electrons. The van der Waals surface area contributed by atoms with Crippen LogP contribution in [0.25, 0.3) is 11.0 Å². The van der Waals surface area contributed by atoms with Crippen molar-refractivity contribution >= 4 is 28.3 Å². The summed E-state index contributed by atoms with van der Waals surface area (Å²) in [7, 11) is 0. The molecule has 1 unspecified atom stereocenters. The Morgan fingerprint density at radius 1 is 1.53 bits per heavy atom. The maximum Gasteiger partial charge on any atom is 0.139 e. The van der Waals surface area contributed by atoms with Gasteiger partial charge in [0.2, 0.25) is 0 Å². The van der Waals surface area contributed by atoms with Crippen LogP contribution < -0.4 is 10.6 Å². The Morgan fingerprint density at radius 2 is 2.41 bits per heavy atom. The molecule has 0 aromatic carbocycles. The van der Waals surface area contributed by atoms with Crippen molar-refractivity contribution in [1.82, 2.24) is 9.97 Å². The van der Waals surface area contributed by atoms with Crippen molar-refractivity contribution in [3.05, 3.63) is 23.5 Å². The number of fused-ring (bicyclic) bond motifs is 1. The Morgan fingerprint density at radius 3 is 3.24 bits per heavy atom. The van der Waals surface area contributed by atoms with Crippen LogP contribution in [0, 0.1) is 0 Å². The molecular formula is C12H15ClN4. The van der Waals surface area contributed by atoms with Crippen molar-refractivity contribution in [3.8, 4) is 0 Å². The predicted molar refractivity (Wildman–Crippen MR) is 70.5 cm³/mol. The summed E-state index contributed by atoms with van der Waals surface area (Å²) in [6.45, 7) is 1.88. The third-order valence-electron chi connectivity index (χ3n) is 3.29. The maximum absolute atomic E-state index is 6.28. The van der Waals surface area contributed by atoms with Gasteiger partial charge in [0, 0.05) is 30.7 Å². The standard InChI is InChI=1S/C12H15ClN4/c13-10-6-16-12-9(3-4-15-12)11(10)17-5-1-2-8(14)7-17/h3-4,6,8H,1-2,5,7,14H2,(H,15,16). The zero-order valence-corrected chi connectivity index (χ0v) is 10.2. The van der Waals surface area contributed by atoms with E-state index in [1.807, 2.05) is 12.3 Å². The summed E-state index contributed by atoms with van der Waals surface area (Å²) < 4.78 is 0. The van der Waals surface area contributed by atoms with E-state index in [2.05, 4.69) is 14.9 Å². The van der Waals surface area contributed by atoms with E-state index in [4.69, 9.17) is 17.3 Å². The molecule has 3 heterocycles. The lowest BCUT2D eigenvalue weighted by atomic mass is 10.1. The van der Waals surface area contributed by atoms with Crippen molar-refractivity contribution < 1.29 is 0 Å². The third-order valence-corrected chi connectivity index (χ3v) is 3.56. The minimum absolute atomic E-state index is 0.238. The van der Waals surface area contributed by atoms with Crippen molar-refractivity contribution in [3.63, 3.8) is 0 Å². The molecule has 3 N–H and O–H groups in total. The Balaban J connectivity index is 2.08. The molecule has 0 aliphatic carbocycles. The van der Waals surface area contributed by atoms with Crippen LogP contribution in [0.5, 0.6) is 0 Å². The molecule has 0 radical (unpaired) electrons. The first kappa shape index (κ1) is 10.9. The van der Waals surface area contributed by atoms with Gasteiger partial charge in [0.05, 0.1) is 16.9 Å². The number of rotatable bonds is 1. The van der Waals surface area contributed by atoms with Gasteiger partial charge in [-0.05, 0) is 18.9 Å². The smallest absolute Gasteiger partial charge is 0.139 e. The second-order valence-electron chi connectivity index (χ2n) is 4.54. The summed E-state index contributed by atoms with van der Waals surface area (Å²) in [5.74, 6) is 0. The molecule has 0 amide bonds. The molecule has 3 rings (SSSR count). The van der Waals surface area contributed by atoms with Crippen LogP contribution in [0.1, 0.15) is 12.8 Å². The number of pyridine rings is 1. The highest BCUT2D eigenvalue weighted by Gasteiger charge is 2.21. The molecule has 1 aliphatic heterocycles. The van der Waals surface area contributed by atoms with Gasteiger partial charge in [-0.3, -0.25) is 0 Å². The maximum atomic E-state index is 6.28. The second kappa shape index (κ2) is 4.20. The number of H-pyrrole nitrogens is 1. The first-order valence-electron chi connectivity index (χ1n) is 5.88. The molecule has 1 atom stereocenters. The van der Waals surface area contributed by atoms with Crippen LogP contribution in [-0.2, 0) is 0 Å². The summed E-state index contributed by atoms with van der Waals surface area (Å²) in [4.78, 5) is 9.65. The fourth-order valence-corrected chi connectivity index (χ4v) is 2.77. The number of piperidine rings is 1. The van der Waals surface area contributed by atoms with Crippen LogP contribution >= 0.6 is 11.6 Å². The Labute approximate surface area is 105 Å². The van der Waals surface area contributed by atoms with Gasteiger partial charge >= 0.3 is 0 Å². The minimum atomic E-state index is 0.238. The molecule has 5 heteroatoms. The molecular weight excluding hydrogens is 236 g/mol. The Kier molecular flexibility index (Phi) is 2.68. The normalized spacial score (nSPS) is 21.1. The lowest BCUT2D eigenvalue weighted by Gasteiger charge is -2.33. The van der Waals surface area contributed by atoms with Crippen molar-refractivity contribution in [2.75, 3.05) is 18.0 Å². The molecule has 0 spiro atoms. The van der Waals surface area contributed by atoms with Gasteiger partial charge in [0.25, 0.3) is 0 Å². The molecule has 4 nitrogen and oxygen atoms in total. The Bertz CT molecular complexity index is 536. The number of aromatic amines is 1. The number of anilines is 1. The van der Waals surface area contributed by atoms with Gasteiger partial charge in [-0.15, -0.1) is 0 Å². The van der Waals surface area contributed by atoms with E-state index in [-0.39, 0.29) is 6.04 Å². The topological polar surface area (TPSA) is 57.9 Å². The first-order chi connectivity index (χ1) is 8.25. The number of hydrogen-bond donors (Lipinski definition) is 2. The lowest BCUT2D eigenvalue weighted by molar-refractivity contribution is 0.507. The summed E-state index contributed by atoms with van der Waals surface area (Å²) >= 11 is 6.28. The quantitative estimate of drug-likeness (QED) is 0.815. The summed E-state index contributed by atoms with van der Waals surface area (Å²) in [5, 5.41) is 1.78. The highest BCUT2D eigenvalue weighted by molar-refractivity contribution is 6.34. The van der Waals surface area contributed by atoms with Crippen molar-refractivity contribution in [1.29, 1.82) is 0 Å². The van der Waals surface area contributed by atoms with Crippen LogP contribution in [0.2, 0.25) is 5.02 Å². The van der Waals surface area contributed by atoms with Crippen LogP contribution in [0.15, 0.2) is 18.5 Å². The first-order valence-corrected chi connectivity index (χ1v) is 6.25. The van der Waals surface area contributed by atoms with Crippen molar-refractivity contribution in [2.45, 2.75) is 18.9 Å². The average molecular weight is 251 g/mol. The van der Waals surface area contributed by atoms with Gasteiger partial charge in [-0.1, -0.05) is 11.6 Å². The number of nitrogens with zero attached hydrogens (tertiary/aromatic N) is 2. The SMILES string of the molecule is NC1CCCN(c2c(Cl)cnc3[nH]ccc23)C1. The fraction of sp³-hybridized carbons (Fsp3) is 0.417. The van der Waals surface area contributed by atoms with Crippen LogP contribution in [-0.4, -0.2) is 29.1 Å². The van der Waals surface area contributed by atoms with Gasteiger partial charge in [0.1, 0.15) is 5.65 Å². The molecule has 2 aromatic heterocycles. The van der Waals surface area contributed by atoms with E-state index < -0.39 is 0 Å².